The molecule has 2 N–H and O–H groups in total. The van der Waals surface area contributed by atoms with E-state index in [4.69, 9.17) is 0 Å². The second kappa shape index (κ2) is 10.0. The maximum absolute atomic E-state index is 12.1. The highest BCUT2D eigenvalue weighted by molar-refractivity contribution is 7.98. The third kappa shape index (κ3) is 5.79. The van der Waals surface area contributed by atoms with Crippen molar-refractivity contribution in [2.45, 2.75) is 31.6 Å². The lowest BCUT2D eigenvalue weighted by Gasteiger charge is -2.11. The molecule has 0 aliphatic rings. The summed E-state index contributed by atoms with van der Waals surface area (Å²) < 4.78 is 1.74. The van der Waals surface area contributed by atoms with Gasteiger partial charge in [-0.05, 0) is 43.9 Å². The average molecular weight is 442 g/mol. The molecule has 31 heavy (non-hydrogen) atoms. The minimum atomic E-state index is -0.464. The summed E-state index contributed by atoms with van der Waals surface area (Å²) in [4.78, 5) is 31.4. The number of amides is 1. The van der Waals surface area contributed by atoms with Gasteiger partial charge in [-0.3, -0.25) is 14.9 Å². The monoisotopic (exact) mass is 441 g/mol. The number of non-ortho nitro benzene ring substituents is 1. The highest BCUT2D eigenvalue weighted by Crippen LogP contribution is 2.23. The van der Waals surface area contributed by atoms with Crippen LogP contribution in [-0.2, 0) is 11.3 Å². The first-order chi connectivity index (χ1) is 14.9. The van der Waals surface area contributed by atoms with Crippen LogP contribution >= 0.6 is 11.8 Å². The van der Waals surface area contributed by atoms with Crippen molar-refractivity contribution >= 4 is 46.3 Å². The largest absolute Gasteiger partial charge is 0.367 e. The molecule has 0 saturated heterocycles. The standard InChI is InChI=1S/C20H23N7O3S/c1-13(2)23-18-16-12-22-26(19(16)25-20(24-18)31-3)11-10-21-17(28)9-6-14-4-7-15(8-5-14)27(29)30/h4-9,12-13H,10-11H2,1-3H3,(H,21,28)(H,23,24,25). The van der Waals surface area contributed by atoms with Crippen molar-refractivity contribution < 1.29 is 9.72 Å². The van der Waals surface area contributed by atoms with Crippen LogP contribution in [0.15, 0.2) is 41.7 Å². The van der Waals surface area contributed by atoms with Crippen molar-refractivity contribution in [2.24, 2.45) is 0 Å². The van der Waals surface area contributed by atoms with Gasteiger partial charge in [0, 0.05) is 30.8 Å². The van der Waals surface area contributed by atoms with Gasteiger partial charge in [-0.15, -0.1) is 0 Å². The Morgan fingerprint density at radius 2 is 2.03 bits per heavy atom. The van der Waals surface area contributed by atoms with Crippen LogP contribution in [0.5, 0.6) is 0 Å². The van der Waals surface area contributed by atoms with E-state index >= 15 is 0 Å². The van der Waals surface area contributed by atoms with Crippen molar-refractivity contribution in [1.82, 2.24) is 25.1 Å². The predicted octanol–water partition coefficient (Wildman–Crippen LogP) is 3.11. The van der Waals surface area contributed by atoms with Crippen LogP contribution in [0.1, 0.15) is 19.4 Å². The van der Waals surface area contributed by atoms with Crippen LogP contribution < -0.4 is 10.6 Å². The molecule has 162 valence electrons. The van der Waals surface area contributed by atoms with Gasteiger partial charge in [-0.2, -0.15) is 5.10 Å². The molecule has 2 aromatic heterocycles. The molecule has 0 aliphatic carbocycles. The minimum absolute atomic E-state index is 0.00763. The van der Waals surface area contributed by atoms with Crippen LogP contribution in [0.3, 0.4) is 0 Å². The number of thioether (sulfide) groups is 1. The fourth-order valence-electron chi connectivity index (χ4n) is 2.80. The number of nitrogens with one attached hydrogen (secondary N) is 2. The topological polar surface area (TPSA) is 128 Å². The second-order valence-corrected chi connectivity index (χ2v) is 7.71. The number of fused-ring (bicyclic) bond motifs is 1. The quantitative estimate of drug-likeness (QED) is 0.170. The average Bonchev–Trinajstić information content (AvgIpc) is 3.15. The van der Waals surface area contributed by atoms with Gasteiger partial charge in [0.05, 0.1) is 23.1 Å². The van der Waals surface area contributed by atoms with E-state index in [1.54, 1.807) is 29.1 Å². The molecule has 1 aromatic carbocycles. The molecule has 0 radical (unpaired) electrons. The van der Waals surface area contributed by atoms with Crippen LogP contribution in [0.4, 0.5) is 11.5 Å². The van der Waals surface area contributed by atoms with Gasteiger partial charge < -0.3 is 10.6 Å². The Morgan fingerprint density at radius 1 is 1.29 bits per heavy atom. The molecule has 0 bridgehead atoms. The van der Waals surface area contributed by atoms with Crippen LogP contribution in [0, 0.1) is 10.1 Å². The number of anilines is 1. The van der Waals surface area contributed by atoms with E-state index in [-0.39, 0.29) is 17.6 Å². The molecule has 0 aliphatic heterocycles. The lowest BCUT2D eigenvalue weighted by molar-refractivity contribution is -0.384. The van der Waals surface area contributed by atoms with Crippen molar-refractivity contribution in [2.75, 3.05) is 18.1 Å². The lowest BCUT2D eigenvalue weighted by atomic mass is 10.2. The van der Waals surface area contributed by atoms with Crippen molar-refractivity contribution in [3.63, 3.8) is 0 Å². The Morgan fingerprint density at radius 3 is 2.68 bits per heavy atom. The zero-order valence-corrected chi connectivity index (χ0v) is 18.2. The van der Waals surface area contributed by atoms with Crippen molar-refractivity contribution in [1.29, 1.82) is 0 Å². The Hall–Kier alpha value is -3.47. The molecule has 1 amide bonds. The predicted molar refractivity (Wildman–Crippen MR) is 121 cm³/mol. The van der Waals surface area contributed by atoms with E-state index in [2.05, 4.69) is 25.7 Å². The number of benzene rings is 1. The maximum atomic E-state index is 12.1. The third-order valence-electron chi connectivity index (χ3n) is 4.24. The summed E-state index contributed by atoms with van der Waals surface area (Å²) in [6, 6.07) is 6.19. The zero-order chi connectivity index (χ0) is 22.4. The number of nitrogens with zero attached hydrogens (tertiary/aromatic N) is 5. The first-order valence-electron chi connectivity index (χ1n) is 9.62. The summed E-state index contributed by atoms with van der Waals surface area (Å²) in [6.45, 7) is 4.89. The van der Waals surface area contributed by atoms with Gasteiger partial charge in [0.2, 0.25) is 5.91 Å². The van der Waals surface area contributed by atoms with Crippen LogP contribution in [0.2, 0.25) is 0 Å². The van der Waals surface area contributed by atoms with Gasteiger partial charge in [0.25, 0.3) is 5.69 Å². The number of nitro benzene ring substituents is 1. The first-order valence-corrected chi connectivity index (χ1v) is 10.8. The van der Waals surface area contributed by atoms with E-state index in [1.165, 1.54) is 30.0 Å². The van der Waals surface area contributed by atoms with Gasteiger partial charge in [0.1, 0.15) is 5.82 Å². The summed E-state index contributed by atoms with van der Waals surface area (Å²) in [5.74, 6) is 0.474. The maximum Gasteiger partial charge on any atom is 0.269 e. The third-order valence-corrected chi connectivity index (χ3v) is 4.79. The number of rotatable bonds is 9. The molecule has 3 rings (SSSR count). The highest BCUT2D eigenvalue weighted by atomic mass is 32.2. The fraction of sp³-hybridized carbons (Fsp3) is 0.300. The molecule has 3 aromatic rings. The number of carbonyl (C=O) groups is 1. The van der Waals surface area contributed by atoms with Crippen LogP contribution in [-0.4, -0.2) is 49.4 Å². The molecule has 0 unspecified atom stereocenters. The van der Waals surface area contributed by atoms with E-state index in [1.807, 2.05) is 20.1 Å². The van der Waals surface area contributed by atoms with Crippen molar-refractivity contribution in [3.05, 3.63) is 52.2 Å². The second-order valence-electron chi connectivity index (χ2n) is 6.94. The smallest absolute Gasteiger partial charge is 0.269 e. The Balaban J connectivity index is 1.62. The number of aromatic nitrogens is 4. The molecule has 0 spiro atoms. The Kier molecular flexibility index (Phi) is 7.19. The summed E-state index contributed by atoms with van der Waals surface area (Å²) in [6.07, 6.45) is 6.63. The number of carbonyl (C=O) groups excluding carboxylic acids is 1. The van der Waals surface area contributed by atoms with Crippen molar-refractivity contribution in [3.8, 4) is 0 Å². The fourth-order valence-corrected chi connectivity index (χ4v) is 3.16. The van der Waals surface area contributed by atoms with Gasteiger partial charge in [-0.1, -0.05) is 11.8 Å². The molecule has 0 atom stereocenters. The molecule has 2 heterocycles. The number of hydrogen-bond acceptors (Lipinski definition) is 8. The van der Waals surface area contributed by atoms with E-state index in [0.717, 1.165) is 11.2 Å². The molecule has 0 saturated carbocycles. The SMILES string of the molecule is CSc1nc(NC(C)C)c2cnn(CCNC(=O)C=Cc3ccc([N+](=O)[O-])cc3)c2n1. The number of hydrogen-bond donors (Lipinski definition) is 2. The Labute approximate surface area is 183 Å². The molecule has 11 heteroatoms. The van der Waals surface area contributed by atoms with Gasteiger partial charge in [-0.25, -0.2) is 14.6 Å². The molecule has 0 fully saturated rings. The number of nitro groups is 1. The van der Waals surface area contributed by atoms with E-state index in [9.17, 15) is 14.9 Å². The zero-order valence-electron chi connectivity index (χ0n) is 17.4. The van der Waals surface area contributed by atoms with E-state index < -0.39 is 4.92 Å². The highest BCUT2D eigenvalue weighted by Gasteiger charge is 2.13. The summed E-state index contributed by atoms with van der Waals surface area (Å²) >= 11 is 1.45. The van der Waals surface area contributed by atoms with E-state index in [0.29, 0.717) is 29.5 Å². The molecular formula is C20H23N7O3S. The normalized spacial score (nSPS) is 11.4. The molecule has 10 nitrogen and oxygen atoms in total. The summed E-state index contributed by atoms with van der Waals surface area (Å²) in [5.41, 5.74) is 1.41. The van der Waals surface area contributed by atoms with Crippen LogP contribution in [0.25, 0.3) is 17.1 Å². The summed E-state index contributed by atoms with van der Waals surface area (Å²) in [5, 5.41) is 22.7. The minimum Gasteiger partial charge on any atom is -0.367 e. The Bertz CT molecular complexity index is 1110. The lowest BCUT2D eigenvalue weighted by Crippen LogP contribution is -2.25. The first kappa shape index (κ1) is 22.2. The van der Waals surface area contributed by atoms with Gasteiger partial charge in [0.15, 0.2) is 10.8 Å². The molecular weight excluding hydrogens is 418 g/mol. The van der Waals surface area contributed by atoms with Gasteiger partial charge >= 0.3 is 0 Å². The summed E-state index contributed by atoms with van der Waals surface area (Å²) in [7, 11) is 0.